The third-order valence-corrected chi connectivity index (χ3v) is 1.73. The Kier molecular flexibility index (Phi) is 12.4. The van der Waals surface area contributed by atoms with E-state index >= 15 is 0 Å². The van der Waals surface area contributed by atoms with Crippen LogP contribution in [-0.2, 0) is 67.1 Å². The number of hydrogen-bond acceptors (Lipinski definition) is 3. The Labute approximate surface area is 148 Å². The maximum Gasteiger partial charge on any atom is 0.336 e. The van der Waals surface area contributed by atoms with Gasteiger partial charge in [0.1, 0.15) is 0 Å². The minimum atomic E-state index is -1.48. The minimum absolute atomic E-state index is 0. The standard InChI is InChI=1S/C9H6O6.3Ag/c10-7(11)4-1-2-5(8(12)13)6(3-4)9(14)15;;;/h1-3H,(H,10,11)(H,12,13)(H,14,15);;;. The van der Waals surface area contributed by atoms with Crippen LogP contribution in [0.4, 0.5) is 0 Å². The van der Waals surface area contributed by atoms with Gasteiger partial charge in [-0.25, -0.2) is 14.4 Å². The van der Waals surface area contributed by atoms with Gasteiger partial charge in [0.25, 0.3) is 0 Å². The van der Waals surface area contributed by atoms with E-state index in [1.165, 1.54) is 0 Å². The maximum absolute atomic E-state index is 10.6. The SMILES string of the molecule is O=C(O)c1ccc(C(=O)O)c(C(=O)O)c1.[Ag].[Ag].[Ag]. The van der Waals surface area contributed by atoms with Crippen molar-refractivity contribution in [1.29, 1.82) is 0 Å². The molecule has 0 unspecified atom stereocenters. The summed E-state index contributed by atoms with van der Waals surface area (Å²) in [4.78, 5) is 31.8. The predicted octanol–water partition coefficient (Wildman–Crippen LogP) is 0.774. The average Bonchev–Trinajstić information content (AvgIpc) is 2.16. The molecule has 1 aromatic carbocycles. The van der Waals surface area contributed by atoms with Gasteiger partial charge in [-0.15, -0.1) is 0 Å². The summed E-state index contributed by atoms with van der Waals surface area (Å²) in [5.74, 6) is -4.20. The van der Waals surface area contributed by atoms with Crippen LogP contribution in [-0.4, -0.2) is 33.2 Å². The minimum Gasteiger partial charge on any atom is -0.478 e. The summed E-state index contributed by atoms with van der Waals surface area (Å²) in [5, 5.41) is 25.9. The molecule has 0 aliphatic rings. The van der Waals surface area contributed by atoms with E-state index in [-0.39, 0.29) is 72.7 Å². The van der Waals surface area contributed by atoms with Crippen LogP contribution in [0.5, 0.6) is 0 Å². The van der Waals surface area contributed by atoms with Crippen LogP contribution in [0.2, 0.25) is 0 Å². The molecular weight excluding hydrogens is 528 g/mol. The second-order valence-corrected chi connectivity index (χ2v) is 2.68. The van der Waals surface area contributed by atoms with Gasteiger partial charge in [-0.1, -0.05) is 0 Å². The van der Waals surface area contributed by atoms with Gasteiger partial charge < -0.3 is 15.3 Å². The fourth-order valence-corrected chi connectivity index (χ4v) is 1.04. The Morgan fingerprint density at radius 1 is 0.722 bits per heavy atom. The van der Waals surface area contributed by atoms with Crippen molar-refractivity contribution in [2.75, 3.05) is 0 Å². The molecule has 9 heteroatoms. The van der Waals surface area contributed by atoms with Crippen LogP contribution in [0.1, 0.15) is 31.1 Å². The molecule has 0 heterocycles. The molecule has 0 spiro atoms. The number of carbonyl (C=O) groups is 3. The smallest absolute Gasteiger partial charge is 0.336 e. The summed E-state index contributed by atoms with van der Waals surface area (Å²) < 4.78 is 0. The first-order chi connectivity index (χ1) is 6.93. The van der Waals surface area contributed by atoms with Crippen molar-refractivity contribution in [1.82, 2.24) is 0 Å². The Morgan fingerprint density at radius 2 is 1.17 bits per heavy atom. The first-order valence-electron chi connectivity index (χ1n) is 3.77. The molecule has 0 bridgehead atoms. The van der Waals surface area contributed by atoms with Crippen molar-refractivity contribution in [3.8, 4) is 0 Å². The van der Waals surface area contributed by atoms with E-state index < -0.39 is 29.0 Å². The number of carboxylic acid groups (broad SMARTS) is 3. The van der Waals surface area contributed by atoms with Crippen molar-refractivity contribution >= 4 is 17.9 Å². The van der Waals surface area contributed by atoms with Gasteiger partial charge in [-0.05, 0) is 18.2 Å². The van der Waals surface area contributed by atoms with Crippen LogP contribution in [0.15, 0.2) is 18.2 Å². The van der Waals surface area contributed by atoms with Crippen molar-refractivity contribution < 1.29 is 96.8 Å². The van der Waals surface area contributed by atoms with Gasteiger partial charge >= 0.3 is 17.9 Å². The van der Waals surface area contributed by atoms with E-state index in [1.54, 1.807) is 0 Å². The molecule has 0 aliphatic carbocycles. The van der Waals surface area contributed by atoms with E-state index in [9.17, 15) is 14.4 Å². The van der Waals surface area contributed by atoms with Crippen LogP contribution in [0, 0.1) is 0 Å². The zero-order chi connectivity index (χ0) is 11.6. The molecular formula is C9H6Ag3O6. The normalized spacial score (nSPS) is 8.00. The molecule has 0 aliphatic heterocycles. The van der Waals surface area contributed by atoms with E-state index in [1.807, 2.05) is 0 Å². The predicted molar refractivity (Wildman–Crippen MR) is 47.3 cm³/mol. The Balaban J connectivity index is -0.000000750. The molecule has 0 aromatic heterocycles. The molecule has 0 atom stereocenters. The Hall–Kier alpha value is -0.149. The molecule has 3 radical (unpaired) electrons. The number of aromatic carboxylic acids is 3. The second-order valence-electron chi connectivity index (χ2n) is 2.68. The van der Waals surface area contributed by atoms with Crippen LogP contribution < -0.4 is 0 Å². The largest absolute Gasteiger partial charge is 0.478 e. The van der Waals surface area contributed by atoms with Crippen molar-refractivity contribution in [2.45, 2.75) is 0 Å². The molecule has 111 valence electrons. The first-order valence-corrected chi connectivity index (χ1v) is 3.77. The summed E-state index contributed by atoms with van der Waals surface area (Å²) in [6.07, 6.45) is 0. The molecule has 6 nitrogen and oxygen atoms in total. The molecule has 1 rings (SSSR count). The molecule has 0 saturated heterocycles. The van der Waals surface area contributed by atoms with Crippen LogP contribution in [0.3, 0.4) is 0 Å². The molecule has 0 amide bonds. The van der Waals surface area contributed by atoms with Crippen molar-refractivity contribution in [3.05, 3.63) is 34.9 Å². The van der Waals surface area contributed by atoms with Gasteiger partial charge in [0.2, 0.25) is 0 Å². The Morgan fingerprint density at radius 3 is 1.50 bits per heavy atom. The number of benzene rings is 1. The average molecular weight is 534 g/mol. The van der Waals surface area contributed by atoms with Gasteiger partial charge in [0, 0.05) is 67.1 Å². The van der Waals surface area contributed by atoms with E-state index in [0.717, 1.165) is 18.2 Å². The van der Waals surface area contributed by atoms with Crippen LogP contribution in [0.25, 0.3) is 0 Å². The van der Waals surface area contributed by atoms with Crippen LogP contribution >= 0.6 is 0 Å². The van der Waals surface area contributed by atoms with Gasteiger partial charge in [-0.2, -0.15) is 0 Å². The summed E-state index contributed by atoms with van der Waals surface area (Å²) in [6.45, 7) is 0. The van der Waals surface area contributed by atoms with Gasteiger partial charge in [0.05, 0.1) is 16.7 Å². The summed E-state index contributed by atoms with van der Waals surface area (Å²) >= 11 is 0. The zero-order valence-electron chi connectivity index (χ0n) is 8.20. The fraction of sp³-hybridized carbons (Fsp3) is 0. The number of rotatable bonds is 3. The molecule has 0 saturated carbocycles. The quantitative estimate of drug-likeness (QED) is 0.495. The maximum atomic E-state index is 10.6. The third-order valence-electron chi connectivity index (χ3n) is 1.73. The molecule has 1 aromatic rings. The van der Waals surface area contributed by atoms with E-state index in [0.29, 0.717) is 0 Å². The van der Waals surface area contributed by atoms with Gasteiger partial charge in [0.15, 0.2) is 0 Å². The summed E-state index contributed by atoms with van der Waals surface area (Å²) in [7, 11) is 0. The fourth-order valence-electron chi connectivity index (χ4n) is 1.04. The molecule has 18 heavy (non-hydrogen) atoms. The Bertz CT molecular complexity index is 460. The second kappa shape index (κ2) is 9.74. The number of carboxylic acids is 3. The third kappa shape index (κ3) is 5.66. The topological polar surface area (TPSA) is 112 Å². The zero-order valence-corrected chi connectivity index (χ0v) is 12.6. The van der Waals surface area contributed by atoms with Crippen molar-refractivity contribution in [2.24, 2.45) is 0 Å². The first kappa shape index (κ1) is 23.0. The monoisotopic (exact) mass is 531 g/mol. The van der Waals surface area contributed by atoms with Crippen molar-refractivity contribution in [3.63, 3.8) is 0 Å². The number of hydrogen-bond donors (Lipinski definition) is 3. The van der Waals surface area contributed by atoms with E-state index in [4.69, 9.17) is 15.3 Å². The molecule has 0 fully saturated rings. The summed E-state index contributed by atoms with van der Waals surface area (Å²) in [6, 6.07) is 2.81. The van der Waals surface area contributed by atoms with Gasteiger partial charge in [-0.3, -0.25) is 0 Å². The van der Waals surface area contributed by atoms with E-state index in [2.05, 4.69) is 0 Å². The summed E-state index contributed by atoms with van der Waals surface area (Å²) in [5.41, 5.74) is -1.24. The molecule has 3 N–H and O–H groups in total.